The minimum Gasteiger partial charge on any atom is -0.478 e. The number of anilines is 3. The molecule has 10 rings (SSSR count). The first-order chi connectivity index (χ1) is 43.9. The topological polar surface area (TPSA) is 441 Å². The zero-order chi connectivity index (χ0) is 66.8. The van der Waals surface area contributed by atoms with Crippen molar-refractivity contribution >= 4 is 108 Å². The molecule has 2 amide bonds. The molecule has 1 saturated heterocycles. The molecule has 9 N–H and O–H groups in total. The third kappa shape index (κ3) is 18.5. The maximum Gasteiger partial charge on any atom is 0.363 e. The van der Waals surface area contributed by atoms with Gasteiger partial charge in [-0.1, -0.05) is 56.0 Å². The van der Waals surface area contributed by atoms with E-state index in [4.69, 9.17) is 65.0 Å². The van der Waals surface area contributed by atoms with E-state index < -0.39 is 46.7 Å². The van der Waals surface area contributed by atoms with Crippen LogP contribution >= 0.6 is 21.8 Å². The molecule has 0 radical (unpaired) electrons. The van der Waals surface area contributed by atoms with Gasteiger partial charge >= 0.3 is 47.3 Å². The minimum atomic E-state index is -1.01. The number of aromatic amines is 2. The average Bonchev–Trinajstić information content (AvgIpc) is 1.65. The van der Waals surface area contributed by atoms with E-state index >= 15 is 0 Å². The van der Waals surface area contributed by atoms with Gasteiger partial charge in [0.05, 0.1) is 70.4 Å². The Hall–Kier alpha value is -10.1. The number of aromatic nitrogens is 12. The van der Waals surface area contributed by atoms with Gasteiger partial charge in [-0.05, 0) is 53.1 Å². The number of nitrogen functional groups attached to an aromatic ring is 3. The highest BCUT2D eigenvalue weighted by Crippen LogP contribution is 2.27. The predicted molar refractivity (Wildman–Crippen MR) is 342 cm³/mol. The van der Waals surface area contributed by atoms with Crippen LogP contribution in [-0.2, 0) is 53.0 Å². The van der Waals surface area contributed by atoms with Crippen molar-refractivity contribution in [1.29, 1.82) is 0 Å². The van der Waals surface area contributed by atoms with Crippen molar-refractivity contribution in [3.05, 3.63) is 127 Å². The quantitative estimate of drug-likeness (QED) is 0.0132. The number of rotatable bonds is 23. The van der Waals surface area contributed by atoms with Crippen LogP contribution in [-0.4, -0.2) is 179 Å². The van der Waals surface area contributed by atoms with E-state index in [1.54, 1.807) is 55.2 Å². The molecule has 7 heterocycles. The molecule has 0 atom stereocenters. The summed E-state index contributed by atoms with van der Waals surface area (Å²) in [6.07, 6.45) is 0.0231. The van der Waals surface area contributed by atoms with Gasteiger partial charge in [0.25, 0.3) is 17.8 Å². The van der Waals surface area contributed by atoms with E-state index in [1.807, 2.05) is 12.1 Å². The Kier molecular flexibility index (Phi) is 24.2. The first-order valence-electron chi connectivity index (χ1n) is 27.7. The van der Waals surface area contributed by atoms with Crippen molar-refractivity contribution in [2.45, 2.75) is 52.1 Å². The molecular formula is C57H67IN16O17Si. The number of ether oxygens (including phenoxy) is 8. The van der Waals surface area contributed by atoms with Crippen LogP contribution in [0.15, 0.2) is 82.4 Å². The number of amides is 2. The lowest BCUT2D eigenvalue weighted by molar-refractivity contribution is -0.172. The molecular weight excluding hydrogens is 1340 g/mol. The number of nitrogens with one attached hydrogen (secondary N) is 2. The fourth-order valence-corrected chi connectivity index (χ4v) is 8.18. The standard InChI is InChI=1S/C20H20N6O7.C18H21N5O5.C16H17N5O5.C3H9ISi/c1-31-8-9-32-19-23-16(21)15-17(24-19)25(20(30)22-15)10-11-2-4-12(5-3-11)18(29)33-26-13(27)6-7-14(26)28;1-25-8-9-28-17-21-14(19)13-15(22-17)23(18(20-13)27-3)10-11-4-6-12(7-5-11)16(24)26-2;1-25-6-7-26-15-19-12(17)11-13(20-15)21(16(24)18-11)8-9-2-4-10(5-3-9)14(22)23;1-5(2,3)4/h2-5H,6-10H2,1H3,(H,22,30)(H2,21,23,24);4-7H,8-10H2,1-3H3,(H2,19,21,22);2-5H,6-8H2,1H3,(H,18,24)(H,22,23)(H2,17,19,20);1-3H3. The molecule has 0 saturated carbocycles. The van der Waals surface area contributed by atoms with Gasteiger partial charge in [0.2, 0.25) is 0 Å². The number of nitrogens with zero attached hydrogens (tertiary/aromatic N) is 11. The summed E-state index contributed by atoms with van der Waals surface area (Å²) in [5.41, 5.74) is 21.5. The van der Waals surface area contributed by atoms with E-state index in [0.29, 0.717) is 77.5 Å². The number of carbonyl (C=O) groups excluding carboxylic acids is 4. The number of esters is 1. The highest BCUT2D eigenvalue weighted by Gasteiger charge is 2.33. The molecule has 9 aromatic rings. The number of fused-ring (bicyclic) bond motifs is 3. The van der Waals surface area contributed by atoms with Crippen molar-refractivity contribution in [2.75, 3.05) is 92.4 Å². The second-order valence-electron chi connectivity index (χ2n) is 20.4. The number of carboxylic acids is 1. The second kappa shape index (κ2) is 32.1. The minimum absolute atomic E-state index is 0.00824. The summed E-state index contributed by atoms with van der Waals surface area (Å²) in [6, 6.07) is 19.9. The third-order valence-corrected chi connectivity index (χ3v) is 12.5. The lowest BCUT2D eigenvalue weighted by Gasteiger charge is -2.12. The summed E-state index contributed by atoms with van der Waals surface area (Å²) >= 11 is 2.52. The molecule has 6 aromatic heterocycles. The van der Waals surface area contributed by atoms with E-state index in [0.717, 1.165) is 11.1 Å². The largest absolute Gasteiger partial charge is 0.478 e. The van der Waals surface area contributed by atoms with Crippen LogP contribution in [0.4, 0.5) is 17.5 Å². The molecule has 3 aromatic carbocycles. The Balaban J connectivity index is 0.000000190. The zero-order valence-electron chi connectivity index (χ0n) is 51.2. The average molecular weight is 1400 g/mol. The highest BCUT2D eigenvalue weighted by molar-refractivity contribution is 14.1. The maximum absolute atomic E-state index is 12.5. The number of aromatic carboxylic acids is 1. The van der Waals surface area contributed by atoms with Gasteiger partial charge in [-0.25, -0.2) is 24.0 Å². The normalized spacial score (nSPS) is 11.9. The van der Waals surface area contributed by atoms with Crippen molar-refractivity contribution in [3.8, 4) is 24.0 Å². The first-order valence-corrected chi connectivity index (χ1v) is 34.4. The number of halogens is 1. The second-order valence-corrected chi connectivity index (χ2v) is 34.2. The van der Waals surface area contributed by atoms with Crippen LogP contribution in [0, 0.1) is 0 Å². The molecule has 0 bridgehead atoms. The van der Waals surface area contributed by atoms with Gasteiger partial charge in [0, 0.05) is 34.2 Å². The van der Waals surface area contributed by atoms with Crippen LogP contribution in [0.1, 0.15) is 60.6 Å². The van der Waals surface area contributed by atoms with Gasteiger partial charge in [0.1, 0.15) is 36.4 Å². The Labute approximate surface area is 536 Å². The van der Waals surface area contributed by atoms with Crippen molar-refractivity contribution in [3.63, 3.8) is 0 Å². The number of imide groups is 1. The van der Waals surface area contributed by atoms with Gasteiger partial charge < -0.3 is 75.0 Å². The molecule has 0 aliphatic carbocycles. The smallest absolute Gasteiger partial charge is 0.363 e. The molecule has 92 heavy (non-hydrogen) atoms. The fraction of sp³-hybridized carbons (Fsp3) is 0.333. The molecule has 0 spiro atoms. The number of H-pyrrole nitrogens is 2. The number of carbonyl (C=O) groups is 5. The number of carboxylic acid groups (broad SMARTS) is 1. The Bertz CT molecular complexity index is 4170. The van der Waals surface area contributed by atoms with Gasteiger partial charge in [-0.2, -0.15) is 34.9 Å². The summed E-state index contributed by atoms with van der Waals surface area (Å²) in [7, 11) is 7.50. The Morgan fingerprint density at radius 2 is 0.891 bits per heavy atom. The predicted octanol–water partition coefficient (Wildman–Crippen LogP) is 4.00. The van der Waals surface area contributed by atoms with E-state index in [1.165, 1.54) is 54.7 Å². The number of imidazole rings is 3. The summed E-state index contributed by atoms with van der Waals surface area (Å²) in [6.45, 7) is 9.47. The third-order valence-electron chi connectivity index (χ3n) is 12.5. The van der Waals surface area contributed by atoms with Crippen molar-refractivity contribution in [2.24, 2.45) is 0 Å². The van der Waals surface area contributed by atoms with Crippen molar-refractivity contribution < 1.29 is 71.8 Å². The molecule has 0 unspecified atom stereocenters. The number of methoxy groups -OCH3 is 5. The Morgan fingerprint density at radius 3 is 1.27 bits per heavy atom. The van der Waals surface area contributed by atoms with E-state index in [2.05, 4.69) is 86.3 Å². The van der Waals surface area contributed by atoms with E-state index in [9.17, 15) is 33.6 Å². The molecule has 488 valence electrons. The monoisotopic (exact) mass is 1400 g/mol. The molecule has 35 heteroatoms. The van der Waals surface area contributed by atoms with Gasteiger partial charge in [0.15, 0.2) is 39.9 Å². The summed E-state index contributed by atoms with van der Waals surface area (Å²) < 4.78 is 45.6. The lowest BCUT2D eigenvalue weighted by Crippen LogP contribution is -2.32. The van der Waals surface area contributed by atoms with Crippen LogP contribution in [0.5, 0.6) is 24.0 Å². The SMILES string of the molecule is COCCOc1nc(N)c2[nH]c(=O)n(Cc3ccc(C(=O)O)cc3)c2n1.COCCOc1nc(N)c2[nH]c(=O)n(Cc3ccc(C(=O)ON4C(=O)CCC4=O)cc3)c2n1.COCCOc1nc(N)c2nc(OC)n(Cc3ccc(C(=O)OC)cc3)c2n1.C[Si](C)(C)I. The number of benzene rings is 3. The Morgan fingerprint density at radius 1 is 0.522 bits per heavy atom. The molecule has 33 nitrogen and oxygen atoms in total. The van der Waals surface area contributed by atoms with Crippen LogP contribution < -0.4 is 47.5 Å². The van der Waals surface area contributed by atoms with Gasteiger partial charge in [-0.15, -0.1) is 26.9 Å². The van der Waals surface area contributed by atoms with Crippen LogP contribution in [0.2, 0.25) is 19.6 Å². The van der Waals surface area contributed by atoms with E-state index in [-0.39, 0.29) is 96.9 Å². The number of nitrogens with two attached hydrogens (primary N) is 3. The number of hydroxylamine groups is 2. The highest BCUT2D eigenvalue weighted by atomic mass is 127. The fourth-order valence-electron chi connectivity index (χ4n) is 8.18. The molecule has 1 fully saturated rings. The lowest BCUT2D eigenvalue weighted by atomic mass is 10.1. The maximum atomic E-state index is 12.5. The zero-order valence-corrected chi connectivity index (χ0v) is 54.4. The van der Waals surface area contributed by atoms with Gasteiger partial charge in [-0.3, -0.25) is 23.3 Å². The molecule has 1 aliphatic rings. The first kappa shape index (κ1) is 69.4. The van der Waals surface area contributed by atoms with Crippen LogP contribution in [0.25, 0.3) is 33.5 Å². The number of hydrogen-bond donors (Lipinski definition) is 6. The summed E-state index contributed by atoms with van der Waals surface area (Å²) in [5, 5.41) is 9.44. The van der Waals surface area contributed by atoms with Crippen LogP contribution in [0.3, 0.4) is 0 Å². The summed E-state index contributed by atoms with van der Waals surface area (Å²) in [4.78, 5) is 122. The molecule has 1 aliphatic heterocycles. The summed E-state index contributed by atoms with van der Waals surface area (Å²) in [5.74, 6) is -3.02. The number of hydrogen-bond acceptors (Lipinski definition) is 26. The van der Waals surface area contributed by atoms with Crippen molar-refractivity contribution in [1.82, 2.24) is 63.6 Å².